The second-order valence-electron chi connectivity index (χ2n) is 5.91. The van der Waals surface area contributed by atoms with E-state index in [2.05, 4.69) is 62.3 Å². The summed E-state index contributed by atoms with van der Waals surface area (Å²) in [5, 5.41) is 0. The zero-order chi connectivity index (χ0) is 14.8. The van der Waals surface area contributed by atoms with Crippen molar-refractivity contribution >= 4 is 6.08 Å². The number of fused-ring (bicyclic) bond motifs is 2. The van der Waals surface area contributed by atoms with E-state index < -0.39 is 0 Å². The quantitative estimate of drug-likeness (QED) is 0.804. The highest BCUT2D eigenvalue weighted by atomic mass is 16.5. The van der Waals surface area contributed by atoms with Crippen molar-refractivity contribution in [3.05, 3.63) is 65.2 Å². The number of nitrogens with zero attached hydrogens (tertiary/aromatic N) is 1. The summed E-state index contributed by atoms with van der Waals surface area (Å²) in [4.78, 5) is 2.22. The molecule has 2 nitrogen and oxygen atoms in total. The maximum absolute atomic E-state index is 6.18. The highest BCUT2D eigenvalue weighted by Gasteiger charge is 2.18. The second-order valence-corrected chi connectivity index (χ2v) is 5.91. The van der Waals surface area contributed by atoms with E-state index in [1.165, 1.54) is 11.1 Å². The minimum Gasteiger partial charge on any atom is -0.456 e. The summed E-state index contributed by atoms with van der Waals surface area (Å²) in [7, 11) is 4.22. The molecule has 2 aromatic carbocycles. The van der Waals surface area contributed by atoms with Gasteiger partial charge in [0.1, 0.15) is 11.5 Å². The van der Waals surface area contributed by atoms with Gasteiger partial charge in [0.25, 0.3) is 0 Å². The van der Waals surface area contributed by atoms with Crippen LogP contribution < -0.4 is 4.74 Å². The average Bonchev–Trinajstić information content (AvgIpc) is 2.44. The van der Waals surface area contributed by atoms with Crippen molar-refractivity contribution < 1.29 is 4.74 Å². The Morgan fingerprint density at radius 3 is 2.67 bits per heavy atom. The van der Waals surface area contributed by atoms with Crippen molar-refractivity contribution in [1.82, 2.24) is 4.90 Å². The summed E-state index contributed by atoms with van der Waals surface area (Å²) in [5.41, 5.74) is 3.66. The van der Waals surface area contributed by atoms with E-state index in [9.17, 15) is 0 Å². The van der Waals surface area contributed by atoms with E-state index in [1.807, 2.05) is 18.2 Å². The number of hydrogen-bond acceptors (Lipinski definition) is 2. The first-order chi connectivity index (χ1) is 10.1. The molecule has 0 radical (unpaired) electrons. The second kappa shape index (κ2) is 5.74. The topological polar surface area (TPSA) is 12.5 Å². The van der Waals surface area contributed by atoms with E-state index in [4.69, 9.17) is 4.74 Å². The molecule has 1 heterocycles. The highest BCUT2D eigenvalue weighted by Crippen LogP contribution is 2.37. The van der Waals surface area contributed by atoms with Crippen LogP contribution >= 0.6 is 0 Å². The molecule has 0 fully saturated rings. The van der Waals surface area contributed by atoms with Crippen LogP contribution in [0, 0.1) is 6.92 Å². The monoisotopic (exact) mass is 279 g/mol. The number of hydrogen-bond donors (Lipinski definition) is 0. The van der Waals surface area contributed by atoms with Gasteiger partial charge >= 0.3 is 0 Å². The predicted molar refractivity (Wildman–Crippen MR) is 88.0 cm³/mol. The van der Waals surface area contributed by atoms with Gasteiger partial charge in [0.2, 0.25) is 0 Å². The molecule has 21 heavy (non-hydrogen) atoms. The largest absolute Gasteiger partial charge is 0.456 e. The first kappa shape index (κ1) is 13.9. The highest BCUT2D eigenvalue weighted by molar-refractivity contribution is 5.61. The van der Waals surface area contributed by atoms with Crippen LogP contribution in [0.2, 0.25) is 0 Å². The van der Waals surface area contributed by atoms with Gasteiger partial charge in [0.05, 0.1) is 0 Å². The fourth-order valence-corrected chi connectivity index (χ4v) is 2.76. The average molecular weight is 279 g/mol. The fraction of sp³-hybridized carbons (Fsp3) is 0.263. The molecule has 1 atom stereocenters. The number of aryl methyl sites for hydroxylation is 1. The van der Waals surface area contributed by atoms with Crippen LogP contribution in [0.25, 0.3) is 6.08 Å². The maximum Gasteiger partial charge on any atom is 0.134 e. The molecule has 3 rings (SSSR count). The normalized spacial score (nSPS) is 16.7. The smallest absolute Gasteiger partial charge is 0.134 e. The maximum atomic E-state index is 6.18. The van der Waals surface area contributed by atoms with Crippen LogP contribution in [0.4, 0.5) is 0 Å². The van der Waals surface area contributed by atoms with E-state index >= 15 is 0 Å². The van der Waals surface area contributed by atoms with Gasteiger partial charge in [-0.05, 0) is 33.2 Å². The van der Waals surface area contributed by atoms with Gasteiger partial charge in [-0.3, -0.25) is 0 Å². The van der Waals surface area contributed by atoms with Crippen molar-refractivity contribution in [3.63, 3.8) is 0 Å². The van der Waals surface area contributed by atoms with Gasteiger partial charge in [0, 0.05) is 23.6 Å². The van der Waals surface area contributed by atoms with Crippen LogP contribution in [-0.4, -0.2) is 25.5 Å². The molecule has 1 aliphatic heterocycles. The molecule has 1 unspecified atom stereocenters. The van der Waals surface area contributed by atoms with Gasteiger partial charge in [-0.1, -0.05) is 48.0 Å². The van der Waals surface area contributed by atoms with E-state index in [0.29, 0.717) is 5.92 Å². The lowest BCUT2D eigenvalue weighted by Gasteiger charge is -2.24. The third kappa shape index (κ3) is 3.01. The molecule has 0 bridgehead atoms. The van der Waals surface area contributed by atoms with Crippen LogP contribution in [-0.2, 0) is 0 Å². The third-order valence-electron chi connectivity index (χ3n) is 3.77. The lowest BCUT2D eigenvalue weighted by Crippen LogP contribution is -2.20. The van der Waals surface area contributed by atoms with Gasteiger partial charge < -0.3 is 9.64 Å². The van der Waals surface area contributed by atoms with E-state index in [0.717, 1.165) is 23.6 Å². The molecule has 0 aliphatic carbocycles. The third-order valence-corrected chi connectivity index (χ3v) is 3.77. The summed E-state index contributed by atoms with van der Waals surface area (Å²) in [6, 6.07) is 14.6. The summed E-state index contributed by atoms with van der Waals surface area (Å²) in [6.45, 7) is 3.10. The SMILES string of the molecule is Cc1ccc2c(c1)C(CN(C)C)C=Cc1ccccc1O2. The first-order valence-electron chi connectivity index (χ1n) is 7.34. The molecule has 0 saturated heterocycles. The van der Waals surface area contributed by atoms with E-state index in [-0.39, 0.29) is 0 Å². The molecule has 0 N–H and O–H groups in total. The van der Waals surface area contributed by atoms with E-state index in [1.54, 1.807) is 0 Å². The van der Waals surface area contributed by atoms with Crippen molar-refractivity contribution in [2.45, 2.75) is 12.8 Å². The zero-order valence-electron chi connectivity index (χ0n) is 12.8. The summed E-state index contributed by atoms with van der Waals surface area (Å²) in [5.74, 6) is 2.22. The molecular formula is C19H21NO. The first-order valence-corrected chi connectivity index (χ1v) is 7.34. The fourth-order valence-electron chi connectivity index (χ4n) is 2.76. The van der Waals surface area contributed by atoms with Gasteiger partial charge in [0.15, 0.2) is 0 Å². The van der Waals surface area contributed by atoms with Crippen molar-refractivity contribution in [2.75, 3.05) is 20.6 Å². The Morgan fingerprint density at radius 2 is 1.86 bits per heavy atom. The molecule has 1 aliphatic rings. The number of likely N-dealkylation sites (N-methyl/N-ethyl adjacent to an activating group) is 1. The molecule has 0 amide bonds. The van der Waals surface area contributed by atoms with Gasteiger partial charge in [-0.15, -0.1) is 0 Å². The Morgan fingerprint density at radius 1 is 1.05 bits per heavy atom. The Labute approximate surface area is 126 Å². The number of benzene rings is 2. The molecule has 2 heteroatoms. The number of para-hydroxylation sites is 1. The Hall–Kier alpha value is -2.06. The summed E-state index contributed by atoms with van der Waals surface area (Å²) < 4.78 is 6.18. The lowest BCUT2D eigenvalue weighted by atomic mass is 9.93. The summed E-state index contributed by atoms with van der Waals surface area (Å²) in [6.07, 6.45) is 4.47. The number of ether oxygens (including phenoxy) is 1. The number of rotatable bonds is 2. The molecule has 0 aromatic heterocycles. The van der Waals surface area contributed by atoms with Crippen molar-refractivity contribution in [3.8, 4) is 11.5 Å². The predicted octanol–water partition coefficient (Wildman–Crippen LogP) is 4.46. The molecule has 2 aromatic rings. The van der Waals surface area contributed by atoms with Crippen LogP contribution in [0.5, 0.6) is 11.5 Å². The standard InChI is InChI=1S/C19H21NO/c1-14-8-11-19-17(12-14)16(13-20(2)3)10-9-15-6-4-5-7-18(15)21-19/h4-12,16H,13H2,1-3H3. The Bertz CT molecular complexity index is 673. The van der Waals surface area contributed by atoms with Crippen molar-refractivity contribution in [2.24, 2.45) is 0 Å². The lowest BCUT2D eigenvalue weighted by molar-refractivity contribution is 0.388. The Kier molecular flexibility index (Phi) is 3.80. The van der Waals surface area contributed by atoms with Crippen LogP contribution in [0.3, 0.4) is 0 Å². The van der Waals surface area contributed by atoms with Gasteiger partial charge in [-0.2, -0.15) is 0 Å². The zero-order valence-corrected chi connectivity index (χ0v) is 12.8. The minimum atomic E-state index is 0.336. The molecule has 108 valence electrons. The van der Waals surface area contributed by atoms with Crippen LogP contribution in [0.15, 0.2) is 48.5 Å². The van der Waals surface area contributed by atoms with Crippen molar-refractivity contribution in [1.29, 1.82) is 0 Å². The van der Waals surface area contributed by atoms with Crippen LogP contribution in [0.1, 0.15) is 22.6 Å². The van der Waals surface area contributed by atoms with Gasteiger partial charge in [-0.25, -0.2) is 0 Å². The molecule has 0 spiro atoms. The Balaban J connectivity index is 2.11. The summed E-state index contributed by atoms with van der Waals surface area (Å²) >= 11 is 0. The minimum absolute atomic E-state index is 0.336. The molecular weight excluding hydrogens is 258 g/mol. The molecule has 0 saturated carbocycles.